The van der Waals surface area contributed by atoms with Gasteiger partial charge in [0.15, 0.2) is 0 Å². The number of halogens is 1. The van der Waals surface area contributed by atoms with Crippen LogP contribution in [0.3, 0.4) is 0 Å². The number of amides is 2. The quantitative estimate of drug-likeness (QED) is 0.653. The summed E-state index contributed by atoms with van der Waals surface area (Å²) in [5, 5.41) is 2.81. The van der Waals surface area contributed by atoms with Crippen LogP contribution < -0.4 is 10.1 Å². The summed E-state index contributed by atoms with van der Waals surface area (Å²) >= 11 is 4.34. The lowest BCUT2D eigenvalue weighted by Gasteiger charge is -2.14. The number of carbonyl (C=O) groups is 2. The summed E-state index contributed by atoms with van der Waals surface area (Å²) in [6.45, 7) is 2.65. The van der Waals surface area contributed by atoms with E-state index in [-0.39, 0.29) is 17.8 Å². The van der Waals surface area contributed by atoms with E-state index in [9.17, 15) is 9.59 Å². The van der Waals surface area contributed by atoms with E-state index in [4.69, 9.17) is 4.74 Å². The molecule has 2 amide bonds. The first-order chi connectivity index (χ1) is 12.6. The molecule has 0 bridgehead atoms. The van der Waals surface area contributed by atoms with Gasteiger partial charge >= 0.3 is 0 Å². The van der Waals surface area contributed by atoms with E-state index in [0.717, 1.165) is 33.2 Å². The first-order valence-electron chi connectivity index (χ1n) is 8.04. The SMILES string of the molecule is CCOc1ccc(/C=C2/SC(=O)N(CNc3cccc(Br)c3)C2=O)cc1. The molecule has 0 radical (unpaired) electrons. The van der Waals surface area contributed by atoms with E-state index >= 15 is 0 Å². The maximum absolute atomic E-state index is 12.5. The number of ether oxygens (including phenoxy) is 1. The molecule has 134 valence electrons. The van der Waals surface area contributed by atoms with Gasteiger partial charge in [-0.15, -0.1) is 0 Å². The summed E-state index contributed by atoms with van der Waals surface area (Å²) < 4.78 is 6.32. The lowest BCUT2D eigenvalue weighted by atomic mass is 10.2. The zero-order valence-electron chi connectivity index (χ0n) is 14.1. The van der Waals surface area contributed by atoms with Crippen molar-refractivity contribution >= 4 is 50.6 Å². The molecule has 0 aromatic heterocycles. The molecule has 26 heavy (non-hydrogen) atoms. The topological polar surface area (TPSA) is 58.6 Å². The average Bonchev–Trinajstić information content (AvgIpc) is 2.88. The summed E-state index contributed by atoms with van der Waals surface area (Å²) in [6.07, 6.45) is 1.72. The largest absolute Gasteiger partial charge is 0.494 e. The number of anilines is 1. The molecule has 1 heterocycles. The lowest BCUT2D eigenvalue weighted by molar-refractivity contribution is -0.122. The van der Waals surface area contributed by atoms with E-state index in [1.54, 1.807) is 6.08 Å². The molecule has 7 heteroatoms. The van der Waals surface area contributed by atoms with Crippen LogP contribution in [-0.4, -0.2) is 29.3 Å². The van der Waals surface area contributed by atoms with Gasteiger partial charge in [0.1, 0.15) is 5.75 Å². The van der Waals surface area contributed by atoms with Gasteiger partial charge in [0.25, 0.3) is 11.1 Å². The first-order valence-corrected chi connectivity index (χ1v) is 9.65. The third-order valence-corrected chi connectivity index (χ3v) is 5.03. The standard InChI is InChI=1S/C19H17BrN2O3S/c1-2-25-16-8-6-13(7-9-16)10-17-18(23)22(19(24)26-17)12-21-15-5-3-4-14(20)11-15/h3-11,21H,2,12H2,1H3/b17-10+. The fourth-order valence-corrected chi connectivity index (χ4v) is 3.62. The predicted molar refractivity (Wildman–Crippen MR) is 108 cm³/mol. The summed E-state index contributed by atoms with van der Waals surface area (Å²) in [5.74, 6) is 0.479. The monoisotopic (exact) mass is 432 g/mol. The third kappa shape index (κ3) is 4.47. The van der Waals surface area contributed by atoms with E-state index in [0.29, 0.717) is 11.5 Å². The summed E-state index contributed by atoms with van der Waals surface area (Å²) in [6, 6.07) is 14.9. The fraction of sp³-hybridized carbons (Fsp3) is 0.158. The van der Waals surface area contributed by atoms with Crippen molar-refractivity contribution in [2.45, 2.75) is 6.92 Å². The van der Waals surface area contributed by atoms with Gasteiger partial charge in [0, 0.05) is 10.2 Å². The van der Waals surface area contributed by atoms with Gasteiger partial charge in [-0.3, -0.25) is 14.5 Å². The van der Waals surface area contributed by atoms with Crippen LogP contribution in [0.25, 0.3) is 6.08 Å². The highest BCUT2D eigenvalue weighted by Crippen LogP contribution is 2.32. The highest BCUT2D eigenvalue weighted by molar-refractivity contribution is 9.10. The summed E-state index contributed by atoms with van der Waals surface area (Å²) in [5.41, 5.74) is 1.67. The minimum absolute atomic E-state index is 0.127. The number of rotatable bonds is 6. The van der Waals surface area contributed by atoms with Crippen molar-refractivity contribution in [3.63, 3.8) is 0 Å². The Morgan fingerprint density at radius 1 is 1.19 bits per heavy atom. The van der Waals surface area contributed by atoms with E-state index in [1.165, 1.54) is 4.90 Å². The van der Waals surface area contributed by atoms with Crippen LogP contribution in [0.15, 0.2) is 57.9 Å². The Morgan fingerprint density at radius 2 is 1.96 bits per heavy atom. The van der Waals surface area contributed by atoms with Crippen LogP contribution in [0.5, 0.6) is 5.75 Å². The highest BCUT2D eigenvalue weighted by atomic mass is 79.9. The van der Waals surface area contributed by atoms with Gasteiger partial charge < -0.3 is 10.1 Å². The van der Waals surface area contributed by atoms with Gasteiger partial charge in [-0.1, -0.05) is 34.1 Å². The Bertz CT molecular complexity index is 852. The minimum Gasteiger partial charge on any atom is -0.494 e. The van der Waals surface area contributed by atoms with Crippen LogP contribution in [0.1, 0.15) is 12.5 Å². The Morgan fingerprint density at radius 3 is 2.65 bits per heavy atom. The normalized spacial score (nSPS) is 15.6. The first kappa shape index (κ1) is 18.5. The number of imide groups is 1. The minimum atomic E-state index is -0.295. The smallest absolute Gasteiger partial charge is 0.295 e. The number of hydrogen-bond donors (Lipinski definition) is 1. The van der Waals surface area contributed by atoms with Gasteiger partial charge in [0.2, 0.25) is 0 Å². The second-order valence-corrected chi connectivity index (χ2v) is 7.37. The maximum Gasteiger partial charge on any atom is 0.295 e. The molecule has 1 N–H and O–H groups in total. The molecule has 1 aliphatic rings. The number of nitrogens with zero attached hydrogens (tertiary/aromatic N) is 1. The molecule has 1 saturated heterocycles. The Hall–Kier alpha value is -2.25. The second kappa shape index (κ2) is 8.42. The van der Waals surface area contributed by atoms with E-state index in [2.05, 4.69) is 21.2 Å². The van der Waals surface area contributed by atoms with Crippen LogP contribution >= 0.6 is 27.7 Å². The second-order valence-electron chi connectivity index (χ2n) is 5.46. The lowest BCUT2D eigenvalue weighted by Crippen LogP contribution is -2.33. The molecule has 2 aromatic carbocycles. The van der Waals surface area contributed by atoms with Gasteiger partial charge in [0.05, 0.1) is 18.2 Å². The highest BCUT2D eigenvalue weighted by Gasteiger charge is 2.34. The third-order valence-electron chi connectivity index (χ3n) is 3.63. The van der Waals surface area contributed by atoms with Crippen LogP contribution in [0.4, 0.5) is 10.5 Å². The molecule has 2 aromatic rings. The van der Waals surface area contributed by atoms with Crippen molar-refractivity contribution in [3.8, 4) is 5.75 Å². The van der Waals surface area contributed by atoms with Crippen molar-refractivity contribution in [2.75, 3.05) is 18.6 Å². The van der Waals surface area contributed by atoms with Crippen molar-refractivity contribution in [3.05, 3.63) is 63.5 Å². The molecule has 0 saturated carbocycles. The van der Waals surface area contributed by atoms with E-state index in [1.807, 2.05) is 55.5 Å². The Labute approximate surface area is 164 Å². The Balaban J connectivity index is 1.67. The number of thioether (sulfide) groups is 1. The van der Waals surface area contributed by atoms with Gasteiger partial charge in [-0.2, -0.15) is 0 Å². The molecule has 1 aliphatic heterocycles. The molecule has 0 unspecified atom stereocenters. The molecule has 0 atom stereocenters. The molecular weight excluding hydrogens is 416 g/mol. The van der Waals surface area contributed by atoms with Crippen LogP contribution in [0, 0.1) is 0 Å². The average molecular weight is 433 g/mol. The predicted octanol–water partition coefficient (Wildman–Crippen LogP) is 4.95. The van der Waals surface area contributed by atoms with Crippen LogP contribution in [0.2, 0.25) is 0 Å². The van der Waals surface area contributed by atoms with Crippen molar-refractivity contribution < 1.29 is 14.3 Å². The van der Waals surface area contributed by atoms with Crippen molar-refractivity contribution in [2.24, 2.45) is 0 Å². The number of benzene rings is 2. The molecule has 3 rings (SSSR count). The van der Waals surface area contributed by atoms with Crippen molar-refractivity contribution in [1.29, 1.82) is 0 Å². The number of hydrogen-bond acceptors (Lipinski definition) is 5. The van der Waals surface area contributed by atoms with Crippen LogP contribution in [-0.2, 0) is 4.79 Å². The summed E-state index contributed by atoms with van der Waals surface area (Å²) in [7, 11) is 0. The molecule has 0 spiro atoms. The summed E-state index contributed by atoms with van der Waals surface area (Å²) in [4.78, 5) is 26.3. The van der Waals surface area contributed by atoms with Gasteiger partial charge in [-0.25, -0.2) is 0 Å². The molecule has 1 fully saturated rings. The molecule has 5 nitrogen and oxygen atoms in total. The van der Waals surface area contributed by atoms with Gasteiger partial charge in [-0.05, 0) is 60.7 Å². The molecule has 0 aliphatic carbocycles. The number of carbonyl (C=O) groups excluding carboxylic acids is 2. The fourth-order valence-electron chi connectivity index (χ4n) is 2.38. The van der Waals surface area contributed by atoms with E-state index < -0.39 is 0 Å². The number of nitrogens with one attached hydrogen (secondary N) is 1. The van der Waals surface area contributed by atoms with Crippen molar-refractivity contribution in [1.82, 2.24) is 4.90 Å². The zero-order chi connectivity index (χ0) is 18.5. The Kier molecular flexibility index (Phi) is 6.00. The zero-order valence-corrected chi connectivity index (χ0v) is 16.5. The maximum atomic E-state index is 12.5. The molecular formula is C19H17BrN2O3S.